The van der Waals surface area contributed by atoms with E-state index in [1.807, 2.05) is 0 Å². The van der Waals surface area contributed by atoms with Crippen molar-refractivity contribution in [1.82, 2.24) is 0 Å². The molecule has 52 heavy (non-hydrogen) atoms. The van der Waals surface area contributed by atoms with Crippen molar-refractivity contribution in [3.8, 4) is 0 Å². The zero-order valence-electron chi connectivity index (χ0n) is 32.0. The number of esters is 4. The molecule has 2 aliphatic rings. The molecule has 0 amide bonds. The van der Waals surface area contributed by atoms with E-state index in [9.17, 15) is 19.2 Å². The molecule has 2 saturated carbocycles. The second-order valence-corrected chi connectivity index (χ2v) is 14.2. The summed E-state index contributed by atoms with van der Waals surface area (Å²) >= 11 is 0. The smallest absolute Gasteiger partial charge is 0.339 e. The second kappa shape index (κ2) is 26.1. The molecule has 8 nitrogen and oxygen atoms in total. The van der Waals surface area contributed by atoms with Crippen molar-refractivity contribution in [3.05, 3.63) is 70.8 Å². The van der Waals surface area contributed by atoms with E-state index in [0.29, 0.717) is 35.5 Å². The van der Waals surface area contributed by atoms with Crippen LogP contribution in [-0.4, -0.2) is 49.3 Å². The Morgan fingerprint density at radius 2 is 0.750 bits per heavy atom. The minimum Gasteiger partial charge on any atom is -0.462 e. The van der Waals surface area contributed by atoms with Gasteiger partial charge in [0.15, 0.2) is 0 Å². The zero-order valence-corrected chi connectivity index (χ0v) is 32.0. The Morgan fingerprint density at radius 3 is 1.10 bits per heavy atom. The summed E-state index contributed by atoms with van der Waals surface area (Å²) in [5.74, 6) is -1.70. The summed E-state index contributed by atoms with van der Waals surface area (Å²) < 4.78 is 21.9. The van der Waals surface area contributed by atoms with Crippen molar-refractivity contribution in [3.63, 3.8) is 0 Å². The Hall–Kier alpha value is -3.68. The number of carbonyl (C=O) groups is 4. The number of carbonyl (C=O) groups excluding carboxylic acids is 4. The van der Waals surface area contributed by atoms with Crippen molar-refractivity contribution in [2.24, 2.45) is 0 Å². The van der Waals surface area contributed by atoms with Crippen LogP contribution in [0.1, 0.15) is 197 Å². The minimum atomic E-state index is -0.444. The van der Waals surface area contributed by atoms with Crippen LogP contribution in [0, 0.1) is 0 Å². The standard InChI is InChI=1S/C24H38O4.C20H26O4/c1-3-5-7-9-11-15-19-27-23(25)21-17-13-14-18-22(21)24(26)28-20-16-12-10-8-6-4-2;21-19(23-15-9-3-1-4-10-15)17-13-7-8-14-18(17)20(22)24-16-11-5-2-6-12-16/h13-14,17-18H,3-12,15-16,19-20H2,1-2H3;7-8,13-16H,1-6,9-12H2. The molecular formula is C44H64O8. The van der Waals surface area contributed by atoms with Gasteiger partial charge >= 0.3 is 23.9 Å². The van der Waals surface area contributed by atoms with Gasteiger partial charge in [-0.15, -0.1) is 0 Å². The van der Waals surface area contributed by atoms with Gasteiger partial charge < -0.3 is 18.9 Å². The SMILES string of the molecule is CCCCCCCCOC(=O)c1ccccc1C(=O)OCCCCCCCC.O=C(OC1CCCCC1)c1ccccc1C(=O)OC1CCCCC1. The highest BCUT2D eigenvalue weighted by atomic mass is 16.6. The maximum absolute atomic E-state index is 12.5. The highest BCUT2D eigenvalue weighted by Gasteiger charge is 2.25. The van der Waals surface area contributed by atoms with Crippen LogP contribution in [-0.2, 0) is 18.9 Å². The normalized spacial score (nSPS) is 14.8. The first kappa shape index (κ1) is 42.7. The molecule has 2 aromatic carbocycles. The number of hydrogen-bond acceptors (Lipinski definition) is 8. The van der Waals surface area contributed by atoms with E-state index in [1.54, 1.807) is 48.5 Å². The molecule has 0 aromatic heterocycles. The molecule has 0 bridgehead atoms. The first-order valence-electron chi connectivity index (χ1n) is 20.4. The number of benzene rings is 2. The van der Waals surface area contributed by atoms with Crippen LogP contribution in [0.2, 0.25) is 0 Å². The molecule has 0 radical (unpaired) electrons. The summed E-state index contributed by atoms with van der Waals surface area (Å²) in [4.78, 5) is 49.7. The highest BCUT2D eigenvalue weighted by molar-refractivity contribution is 6.03. The van der Waals surface area contributed by atoms with Gasteiger partial charge in [0, 0.05) is 0 Å². The monoisotopic (exact) mass is 720 g/mol. The van der Waals surface area contributed by atoms with E-state index in [4.69, 9.17) is 18.9 Å². The van der Waals surface area contributed by atoms with Crippen LogP contribution in [0.15, 0.2) is 48.5 Å². The maximum atomic E-state index is 12.5. The molecule has 288 valence electrons. The first-order valence-corrected chi connectivity index (χ1v) is 20.4. The van der Waals surface area contributed by atoms with Gasteiger partial charge in [-0.3, -0.25) is 0 Å². The van der Waals surface area contributed by atoms with Crippen LogP contribution in [0.4, 0.5) is 0 Å². The lowest BCUT2D eigenvalue weighted by Gasteiger charge is -2.23. The van der Waals surface area contributed by atoms with E-state index in [1.165, 1.54) is 64.2 Å². The zero-order chi connectivity index (χ0) is 37.2. The third kappa shape index (κ3) is 16.3. The Bertz CT molecular complexity index is 1230. The lowest BCUT2D eigenvalue weighted by Crippen LogP contribution is -2.24. The molecule has 0 N–H and O–H groups in total. The van der Waals surface area contributed by atoms with Crippen molar-refractivity contribution >= 4 is 23.9 Å². The summed E-state index contributed by atoms with van der Waals surface area (Å²) in [5, 5.41) is 0. The second-order valence-electron chi connectivity index (χ2n) is 14.2. The van der Waals surface area contributed by atoms with E-state index in [0.717, 1.165) is 77.0 Å². The number of unbranched alkanes of at least 4 members (excludes halogenated alkanes) is 10. The summed E-state index contributed by atoms with van der Waals surface area (Å²) in [6, 6.07) is 13.6. The van der Waals surface area contributed by atoms with Gasteiger partial charge in [0.05, 0.1) is 35.5 Å². The van der Waals surface area contributed by atoms with Crippen LogP contribution < -0.4 is 0 Å². The third-order valence-electron chi connectivity index (χ3n) is 9.85. The highest BCUT2D eigenvalue weighted by Crippen LogP contribution is 2.25. The molecule has 2 fully saturated rings. The lowest BCUT2D eigenvalue weighted by atomic mass is 9.97. The Labute approximate surface area is 312 Å². The number of hydrogen-bond donors (Lipinski definition) is 0. The Balaban J connectivity index is 0.000000283. The summed E-state index contributed by atoms with van der Waals surface area (Å²) in [5.41, 5.74) is 1.23. The molecule has 8 heteroatoms. The summed E-state index contributed by atoms with van der Waals surface area (Å²) in [6.07, 6.45) is 24.1. The van der Waals surface area contributed by atoms with E-state index >= 15 is 0 Å². The molecule has 4 rings (SSSR count). The predicted octanol–water partition coefficient (Wildman–Crippen LogP) is 11.4. The first-order chi connectivity index (χ1) is 25.4. The van der Waals surface area contributed by atoms with E-state index in [2.05, 4.69) is 13.8 Å². The van der Waals surface area contributed by atoms with Gasteiger partial charge in [-0.05, 0) is 88.5 Å². The summed E-state index contributed by atoms with van der Waals surface area (Å²) in [7, 11) is 0. The fraction of sp³-hybridized carbons (Fsp3) is 0.636. The van der Waals surface area contributed by atoms with Crippen molar-refractivity contribution in [1.29, 1.82) is 0 Å². The molecule has 0 saturated heterocycles. The molecule has 0 heterocycles. The van der Waals surface area contributed by atoms with E-state index < -0.39 is 23.9 Å². The topological polar surface area (TPSA) is 105 Å². The molecule has 2 aliphatic carbocycles. The summed E-state index contributed by atoms with van der Waals surface area (Å²) in [6.45, 7) is 5.17. The van der Waals surface area contributed by atoms with Crippen LogP contribution in [0.5, 0.6) is 0 Å². The van der Waals surface area contributed by atoms with Gasteiger partial charge in [0.1, 0.15) is 12.2 Å². The van der Waals surface area contributed by atoms with E-state index in [-0.39, 0.29) is 12.2 Å². The predicted molar refractivity (Wildman–Crippen MR) is 205 cm³/mol. The minimum absolute atomic E-state index is 0.0197. The van der Waals surface area contributed by atoms with Gasteiger partial charge in [0.2, 0.25) is 0 Å². The average molecular weight is 721 g/mol. The molecule has 0 atom stereocenters. The van der Waals surface area contributed by atoms with Gasteiger partial charge in [-0.25, -0.2) is 19.2 Å². The fourth-order valence-corrected chi connectivity index (χ4v) is 6.72. The molecule has 0 spiro atoms. The Kier molecular flexibility index (Phi) is 21.5. The van der Waals surface area contributed by atoms with Crippen molar-refractivity contribution in [2.45, 2.75) is 167 Å². The van der Waals surface area contributed by atoms with Gasteiger partial charge in [0.25, 0.3) is 0 Å². The number of ether oxygens (including phenoxy) is 4. The number of rotatable bonds is 20. The van der Waals surface area contributed by atoms with Crippen molar-refractivity contribution < 1.29 is 38.1 Å². The van der Waals surface area contributed by atoms with Crippen LogP contribution >= 0.6 is 0 Å². The van der Waals surface area contributed by atoms with Crippen LogP contribution in [0.3, 0.4) is 0 Å². The molecule has 0 aliphatic heterocycles. The molecule has 0 unspecified atom stereocenters. The molecular weight excluding hydrogens is 656 g/mol. The maximum Gasteiger partial charge on any atom is 0.339 e. The molecule has 2 aromatic rings. The third-order valence-corrected chi connectivity index (χ3v) is 9.85. The van der Waals surface area contributed by atoms with Gasteiger partial charge in [-0.1, -0.05) is 115 Å². The van der Waals surface area contributed by atoms with Crippen LogP contribution in [0.25, 0.3) is 0 Å². The fourth-order valence-electron chi connectivity index (χ4n) is 6.72. The average Bonchev–Trinajstić information content (AvgIpc) is 3.18. The lowest BCUT2D eigenvalue weighted by molar-refractivity contribution is 0.0164. The quantitative estimate of drug-likeness (QED) is 0.0756. The van der Waals surface area contributed by atoms with Gasteiger partial charge in [-0.2, -0.15) is 0 Å². The Morgan fingerprint density at radius 1 is 0.442 bits per heavy atom. The van der Waals surface area contributed by atoms with Crippen molar-refractivity contribution in [2.75, 3.05) is 13.2 Å². The largest absolute Gasteiger partial charge is 0.462 e.